The van der Waals surface area contributed by atoms with E-state index < -0.39 is 0 Å². The van der Waals surface area contributed by atoms with Gasteiger partial charge in [-0.1, -0.05) is 11.3 Å². The fourth-order valence-corrected chi connectivity index (χ4v) is 1.78. The van der Waals surface area contributed by atoms with Gasteiger partial charge in [0.2, 0.25) is 5.78 Å². The van der Waals surface area contributed by atoms with Crippen molar-refractivity contribution in [3.8, 4) is 5.19 Å². The summed E-state index contributed by atoms with van der Waals surface area (Å²) in [7, 11) is 1.50. The predicted octanol–water partition coefficient (Wildman–Crippen LogP) is 2.63. The number of ketones is 1. The van der Waals surface area contributed by atoms with Crippen LogP contribution in [-0.4, -0.2) is 17.9 Å². The summed E-state index contributed by atoms with van der Waals surface area (Å²) in [6.07, 6.45) is 0. The zero-order valence-electron chi connectivity index (χ0n) is 7.69. The van der Waals surface area contributed by atoms with Crippen molar-refractivity contribution in [2.75, 3.05) is 7.11 Å². The molecule has 0 saturated carbocycles. The van der Waals surface area contributed by atoms with Gasteiger partial charge in [0.15, 0.2) is 11.0 Å². The lowest BCUT2D eigenvalue weighted by Crippen LogP contribution is -1.99. The Labute approximate surface area is 94.5 Å². The van der Waals surface area contributed by atoms with Crippen LogP contribution in [0.1, 0.15) is 16.2 Å². The molecule has 2 aromatic rings. The van der Waals surface area contributed by atoms with E-state index in [1.807, 2.05) is 0 Å². The maximum Gasteiger partial charge on any atom is 0.273 e. The Bertz CT molecular complexity index is 491. The first-order chi connectivity index (χ1) is 7.20. The first kappa shape index (κ1) is 10.2. The number of ether oxygens (including phenoxy) is 1. The largest absolute Gasteiger partial charge is 0.473 e. The summed E-state index contributed by atoms with van der Waals surface area (Å²) in [5, 5.41) is 2.23. The van der Waals surface area contributed by atoms with Crippen LogP contribution in [0.5, 0.6) is 5.19 Å². The van der Waals surface area contributed by atoms with Gasteiger partial charge in [-0.2, -0.15) is 4.98 Å². The van der Waals surface area contributed by atoms with Gasteiger partial charge in [-0.15, -0.1) is 0 Å². The Morgan fingerprint density at radius 1 is 1.60 bits per heavy atom. The molecular formula is C9H6ClNO3S. The molecule has 0 amide bonds. The van der Waals surface area contributed by atoms with Crippen molar-refractivity contribution in [2.45, 2.75) is 0 Å². The van der Waals surface area contributed by atoms with Gasteiger partial charge in [0.1, 0.15) is 5.69 Å². The molecule has 0 atom stereocenters. The molecule has 78 valence electrons. The molecule has 2 heterocycles. The minimum Gasteiger partial charge on any atom is -0.473 e. The van der Waals surface area contributed by atoms with E-state index in [9.17, 15) is 4.79 Å². The minimum atomic E-state index is -0.304. The molecule has 2 rings (SSSR count). The molecule has 0 aliphatic rings. The van der Waals surface area contributed by atoms with Crippen LogP contribution in [-0.2, 0) is 0 Å². The maximum absolute atomic E-state index is 11.7. The lowest BCUT2D eigenvalue weighted by Gasteiger charge is -1.91. The molecule has 2 aromatic heterocycles. The maximum atomic E-state index is 11.7. The van der Waals surface area contributed by atoms with E-state index in [-0.39, 0.29) is 16.8 Å². The Balaban J connectivity index is 2.28. The Morgan fingerprint density at radius 2 is 2.40 bits per heavy atom. The van der Waals surface area contributed by atoms with E-state index in [2.05, 4.69) is 4.98 Å². The molecule has 0 aromatic carbocycles. The van der Waals surface area contributed by atoms with Crippen LogP contribution in [0.4, 0.5) is 0 Å². The lowest BCUT2D eigenvalue weighted by atomic mass is 10.2. The monoisotopic (exact) mass is 243 g/mol. The number of furan rings is 1. The number of rotatable bonds is 3. The molecule has 0 unspecified atom stereocenters. The van der Waals surface area contributed by atoms with Crippen molar-refractivity contribution in [3.05, 3.63) is 34.2 Å². The van der Waals surface area contributed by atoms with E-state index in [0.29, 0.717) is 10.9 Å². The first-order valence-electron chi connectivity index (χ1n) is 4.00. The number of hydrogen-bond acceptors (Lipinski definition) is 5. The normalized spacial score (nSPS) is 10.3. The fraction of sp³-hybridized carbons (Fsp3) is 0.111. The number of nitrogens with zero attached hydrogens (tertiary/aromatic N) is 1. The van der Waals surface area contributed by atoms with Gasteiger partial charge in [0.25, 0.3) is 5.19 Å². The summed E-state index contributed by atoms with van der Waals surface area (Å²) >= 11 is 6.81. The molecule has 6 heteroatoms. The number of carbonyl (C=O) groups is 1. The minimum absolute atomic E-state index is 0.174. The molecule has 15 heavy (non-hydrogen) atoms. The fourth-order valence-electron chi connectivity index (χ4n) is 1.02. The highest BCUT2D eigenvalue weighted by Gasteiger charge is 2.16. The van der Waals surface area contributed by atoms with Crippen LogP contribution in [0.25, 0.3) is 0 Å². The zero-order valence-corrected chi connectivity index (χ0v) is 9.26. The van der Waals surface area contributed by atoms with Crippen molar-refractivity contribution in [2.24, 2.45) is 0 Å². The Morgan fingerprint density at radius 3 is 2.93 bits per heavy atom. The molecular weight excluding hydrogens is 238 g/mol. The highest BCUT2D eigenvalue weighted by molar-refractivity contribution is 7.11. The number of hydrogen-bond donors (Lipinski definition) is 0. The zero-order chi connectivity index (χ0) is 10.8. The van der Waals surface area contributed by atoms with Gasteiger partial charge in [-0.25, -0.2) is 0 Å². The summed E-state index contributed by atoms with van der Waals surface area (Å²) in [6, 6.07) is 3.02. The average Bonchev–Trinajstić information content (AvgIpc) is 2.84. The molecule has 0 aliphatic carbocycles. The number of aromatic nitrogens is 1. The molecule has 0 bridgehead atoms. The van der Waals surface area contributed by atoms with E-state index >= 15 is 0 Å². The van der Waals surface area contributed by atoms with E-state index in [1.54, 1.807) is 5.38 Å². The molecule has 0 aliphatic heterocycles. The molecule has 0 N–H and O–H groups in total. The molecule has 4 nitrogen and oxygen atoms in total. The summed E-state index contributed by atoms with van der Waals surface area (Å²) in [4.78, 5) is 15.7. The predicted molar refractivity (Wildman–Crippen MR) is 55.8 cm³/mol. The first-order valence-corrected chi connectivity index (χ1v) is 5.26. The van der Waals surface area contributed by atoms with Gasteiger partial charge < -0.3 is 9.15 Å². The van der Waals surface area contributed by atoms with Crippen molar-refractivity contribution in [1.82, 2.24) is 4.98 Å². The second-order valence-corrected chi connectivity index (χ2v) is 3.83. The smallest absolute Gasteiger partial charge is 0.273 e. The summed E-state index contributed by atoms with van der Waals surface area (Å²) in [6.45, 7) is 0. The lowest BCUT2D eigenvalue weighted by molar-refractivity contribution is 0.100. The van der Waals surface area contributed by atoms with E-state index in [0.717, 1.165) is 0 Å². The van der Waals surface area contributed by atoms with Crippen LogP contribution in [0, 0.1) is 0 Å². The molecule has 0 spiro atoms. The van der Waals surface area contributed by atoms with Gasteiger partial charge in [-0.3, -0.25) is 4.79 Å². The number of halogens is 1. The summed E-state index contributed by atoms with van der Waals surface area (Å²) in [5.74, 6) is -0.130. The third kappa shape index (κ3) is 2.03. The van der Waals surface area contributed by atoms with Crippen molar-refractivity contribution >= 4 is 28.7 Å². The highest BCUT2D eigenvalue weighted by atomic mass is 35.5. The molecule has 0 saturated heterocycles. The average molecular weight is 244 g/mol. The summed E-state index contributed by atoms with van der Waals surface area (Å²) < 4.78 is 9.87. The Hall–Kier alpha value is -1.33. The van der Waals surface area contributed by atoms with Crippen molar-refractivity contribution < 1.29 is 13.9 Å². The number of methoxy groups -OCH3 is 1. The van der Waals surface area contributed by atoms with Gasteiger partial charge >= 0.3 is 0 Å². The molecule has 0 radical (unpaired) electrons. The van der Waals surface area contributed by atoms with Crippen molar-refractivity contribution in [3.63, 3.8) is 0 Å². The van der Waals surface area contributed by atoms with Crippen LogP contribution >= 0.6 is 22.9 Å². The van der Waals surface area contributed by atoms with Crippen LogP contribution in [0.2, 0.25) is 5.22 Å². The van der Waals surface area contributed by atoms with Gasteiger partial charge in [-0.05, 0) is 23.7 Å². The van der Waals surface area contributed by atoms with Crippen LogP contribution in [0.15, 0.2) is 21.9 Å². The van der Waals surface area contributed by atoms with Gasteiger partial charge in [0.05, 0.1) is 7.11 Å². The second-order valence-electron chi connectivity index (χ2n) is 2.64. The third-order valence-corrected chi connectivity index (χ3v) is 2.69. The van der Waals surface area contributed by atoms with E-state index in [4.69, 9.17) is 20.8 Å². The topological polar surface area (TPSA) is 52.3 Å². The SMILES string of the molecule is COc1nc(C(=O)c2ccc(Cl)o2)cs1. The summed E-state index contributed by atoms with van der Waals surface area (Å²) in [5.41, 5.74) is 0.294. The van der Waals surface area contributed by atoms with Crippen LogP contribution in [0.3, 0.4) is 0 Å². The number of thiazole rings is 1. The standard InChI is InChI=1S/C9H6ClNO3S/c1-13-9-11-5(4-15-9)8(12)6-2-3-7(10)14-6/h2-4H,1H3. The molecule has 0 fully saturated rings. The Kier molecular flexibility index (Phi) is 2.75. The third-order valence-electron chi connectivity index (χ3n) is 1.69. The highest BCUT2D eigenvalue weighted by Crippen LogP contribution is 2.21. The van der Waals surface area contributed by atoms with Crippen LogP contribution < -0.4 is 4.74 Å². The van der Waals surface area contributed by atoms with E-state index in [1.165, 1.54) is 30.6 Å². The quantitative estimate of drug-likeness (QED) is 0.778. The number of carbonyl (C=O) groups excluding carboxylic acids is 1. The van der Waals surface area contributed by atoms with Gasteiger partial charge in [0, 0.05) is 5.38 Å². The van der Waals surface area contributed by atoms with Crippen molar-refractivity contribution in [1.29, 1.82) is 0 Å². The second kappa shape index (κ2) is 4.04.